The lowest BCUT2D eigenvalue weighted by Gasteiger charge is -2.12. The molecule has 2 heterocycles. The van der Waals surface area contributed by atoms with Gasteiger partial charge in [-0.1, -0.05) is 56.5 Å². The molecule has 0 saturated heterocycles. The van der Waals surface area contributed by atoms with Gasteiger partial charge in [-0.3, -0.25) is 9.71 Å². The van der Waals surface area contributed by atoms with Gasteiger partial charge in [0.2, 0.25) is 0 Å². The molecule has 2 aromatic carbocycles. The maximum Gasteiger partial charge on any atom is 0.261 e. The molecule has 0 radical (unpaired) electrons. The second-order valence-corrected chi connectivity index (χ2v) is 12.3. The summed E-state index contributed by atoms with van der Waals surface area (Å²) in [7, 11) is -3.70. The predicted molar refractivity (Wildman–Crippen MR) is 158 cm³/mol. The van der Waals surface area contributed by atoms with Gasteiger partial charge in [0.05, 0.1) is 20.9 Å². The summed E-state index contributed by atoms with van der Waals surface area (Å²) in [6.45, 7) is 3.33. The van der Waals surface area contributed by atoms with Gasteiger partial charge in [-0.05, 0) is 67.3 Å². The number of benzene rings is 2. The third-order valence-corrected chi connectivity index (χ3v) is 8.95. The molecule has 0 aliphatic heterocycles. The van der Waals surface area contributed by atoms with Crippen molar-refractivity contribution in [3.8, 4) is 10.4 Å². The van der Waals surface area contributed by atoms with E-state index in [9.17, 15) is 13.5 Å². The van der Waals surface area contributed by atoms with E-state index in [1.165, 1.54) is 19.3 Å². The number of nitrogens with one attached hydrogen (secondary N) is 2. The first-order chi connectivity index (χ1) is 18.9. The summed E-state index contributed by atoms with van der Waals surface area (Å²) in [5, 5.41) is 14.6. The Morgan fingerprint density at radius 3 is 2.46 bits per heavy atom. The van der Waals surface area contributed by atoms with E-state index in [4.69, 9.17) is 0 Å². The summed E-state index contributed by atoms with van der Waals surface area (Å²) < 4.78 is 28.6. The summed E-state index contributed by atoms with van der Waals surface area (Å²) >= 11 is 1.67. The molecule has 9 heteroatoms. The molecule has 0 fully saturated rings. The molecule has 3 N–H and O–H groups in total. The van der Waals surface area contributed by atoms with Crippen LogP contribution in [0.5, 0.6) is 0 Å². The molecule has 2 aromatic heterocycles. The van der Waals surface area contributed by atoms with Gasteiger partial charge in [0.25, 0.3) is 10.0 Å². The van der Waals surface area contributed by atoms with E-state index in [-0.39, 0.29) is 4.90 Å². The lowest BCUT2D eigenvalue weighted by molar-refractivity contribution is 0.174. The first kappa shape index (κ1) is 28.9. The van der Waals surface area contributed by atoms with Gasteiger partial charge >= 0.3 is 0 Å². The van der Waals surface area contributed by atoms with E-state index in [1.54, 1.807) is 54.1 Å². The largest absolute Gasteiger partial charge is 0.387 e. The first-order valence-electron chi connectivity index (χ1n) is 13.4. The fourth-order valence-electron chi connectivity index (χ4n) is 4.18. The molecule has 39 heavy (non-hydrogen) atoms. The summed E-state index contributed by atoms with van der Waals surface area (Å²) in [6, 6.07) is 18.0. The Bertz CT molecular complexity index is 1390. The zero-order valence-corrected chi connectivity index (χ0v) is 23.8. The number of pyridine rings is 1. The van der Waals surface area contributed by atoms with Crippen molar-refractivity contribution in [2.45, 2.75) is 56.4 Å². The smallest absolute Gasteiger partial charge is 0.261 e. The number of aromatic nitrogens is 2. The molecule has 4 aromatic rings. The minimum Gasteiger partial charge on any atom is -0.387 e. The number of thiazole rings is 1. The van der Waals surface area contributed by atoms with Crippen LogP contribution in [-0.4, -0.2) is 36.6 Å². The SMILES string of the molecule is CCCCCCc1ncc(-c2ccc(S(=O)(=O)Nc3ccc(CCNCC(O)c4cccnc4)cc3)cc2)s1. The van der Waals surface area contributed by atoms with Gasteiger partial charge in [-0.25, -0.2) is 13.4 Å². The van der Waals surface area contributed by atoms with Crippen molar-refractivity contribution in [3.63, 3.8) is 0 Å². The van der Waals surface area contributed by atoms with Crippen LogP contribution in [-0.2, 0) is 22.9 Å². The monoisotopic (exact) mass is 564 g/mol. The normalized spacial score (nSPS) is 12.4. The average Bonchev–Trinajstić information content (AvgIpc) is 3.44. The van der Waals surface area contributed by atoms with Gasteiger partial charge in [-0.15, -0.1) is 11.3 Å². The Hall–Kier alpha value is -3.11. The molecule has 0 aliphatic carbocycles. The first-order valence-corrected chi connectivity index (χ1v) is 15.7. The highest BCUT2D eigenvalue weighted by atomic mass is 32.2. The second kappa shape index (κ2) is 14.3. The minimum absolute atomic E-state index is 0.219. The zero-order valence-electron chi connectivity index (χ0n) is 22.2. The summed E-state index contributed by atoms with van der Waals surface area (Å²) in [5.41, 5.74) is 3.33. The number of anilines is 1. The molecular weight excluding hydrogens is 528 g/mol. The number of sulfonamides is 1. The molecule has 4 rings (SSSR count). The van der Waals surface area contributed by atoms with Gasteiger partial charge in [0.15, 0.2) is 0 Å². The molecule has 0 saturated carbocycles. The quantitative estimate of drug-likeness (QED) is 0.153. The summed E-state index contributed by atoms with van der Waals surface area (Å²) in [5.74, 6) is 0. The summed E-state index contributed by atoms with van der Waals surface area (Å²) in [6.07, 6.45) is 11.2. The predicted octanol–water partition coefficient (Wildman–Crippen LogP) is 5.99. The highest BCUT2D eigenvalue weighted by Crippen LogP contribution is 2.28. The van der Waals surface area contributed by atoms with Crippen molar-refractivity contribution in [1.29, 1.82) is 0 Å². The Kier molecular flexibility index (Phi) is 10.6. The van der Waals surface area contributed by atoms with Crippen molar-refractivity contribution in [2.75, 3.05) is 17.8 Å². The number of unbranched alkanes of at least 4 members (excludes halogenated alkanes) is 3. The molecule has 1 unspecified atom stereocenters. The van der Waals surface area contributed by atoms with Crippen LogP contribution in [0.3, 0.4) is 0 Å². The third-order valence-electron chi connectivity index (χ3n) is 6.45. The molecule has 1 atom stereocenters. The number of hydrogen-bond acceptors (Lipinski definition) is 7. The van der Waals surface area contributed by atoms with Crippen LogP contribution < -0.4 is 10.0 Å². The molecule has 0 aliphatic rings. The van der Waals surface area contributed by atoms with E-state index in [2.05, 4.69) is 26.9 Å². The fourth-order valence-corrected chi connectivity index (χ4v) is 6.20. The van der Waals surface area contributed by atoms with Crippen LogP contribution in [0.25, 0.3) is 10.4 Å². The molecule has 0 amide bonds. The zero-order chi connectivity index (χ0) is 27.5. The molecule has 0 bridgehead atoms. The van der Waals surface area contributed by atoms with Crippen molar-refractivity contribution < 1.29 is 13.5 Å². The highest BCUT2D eigenvalue weighted by molar-refractivity contribution is 7.92. The van der Waals surface area contributed by atoms with Gasteiger partial charge in [0, 0.05) is 36.4 Å². The third kappa shape index (κ3) is 8.69. The van der Waals surface area contributed by atoms with Crippen molar-refractivity contribution in [1.82, 2.24) is 15.3 Å². The Morgan fingerprint density at radius 1 is 0.949 bits per heavy atom. The maximum atomic E-state index is 12.9. The number of rotatable bonds is 15. The number of aliphatic hydroxyl groups is 1. The molecule has 0 spiro atoms. The van der Waals surface area contributed by atoms with Crippen molar-refractivity contribution in [2.24, 2.45) is 0 Å². The standard InChI is InChI=1S/C30H36N4O3S2/c1-2-3-4-5-8-30-33-22-29(38-30)24-11-15-27(16-12-24)39(36,37)34-26-13-9-23(10-14-26)17-19-32-21-28(35)25-7-6-18-31-20-25/h6-7,9-16,18,20,22,28,32,34-35H,2-5,8,17,19,21H2,1H3. The van der Waals surface area contributed by atoms with Crippen molar-refractivity contribution in [3.05, 3.63) is 95.4 Å². The van der Waals surface area contributed by atoms with E-state index in [0.29, 0.717) is 18.8 Å². The number of aryl methyl sites for hydroxylation is 1. The molecule has 206 valence electrons. The van der Waals surface area contributed by atoms with Crippen LogP contribution in [0, 0.1) is 0 Å². The van der Waals surface area contributed by atoms with E-state index in [1.807, 2.05) is 36.5 Å². The minimum atomic E-state index is -3.70. The number of hydrogen-bond donors (Lipinski definition) is 3. The van der Waals surface area contributed by atoms with Gasteiger partial charge < -0.3 is 10.4 Å². The van der Waals surface area contributed by atoms with Gasteiger partial charge in [0.1, 0.15) is 0 Å². The lowest BCUT2D eigenvalue weighted by atomic mass is 10.1. The van der Waals surface area contributed by atoms with E-state index >= 15 is 0 Å². The van der Waals surface area contributed by atoms with Crippen LogP contribution in [0.1, 0.15) is 54.8 Å². The van der Waals surface area contributed by atoms with Gasteiger partial charge in [-0.2, -0.15) is 0 Å². The van der Waals surface area contributed by atoms with Crippen LogP contribution >= 0.6 is 11.3 Å². The average molecular weight is 565 g/mol. The Morgan fingerprint density at radius 2 is 1.74 bits per heavy atom. The molecule has 7 nitrogen and oxygen atoms in total. The highest BCUT2D eigenvalue weighted by Gasteiger charge is 2.15. The lowest BCUT2D eigenvalue weighted by Crippen LogP contribution is -2.23. The van der Waals surface area contributed by atoms with Crippen molar-refractivity contribution >= 4 is 27.0 Å². The Labute approximate surface area is 235 Å². The number of aliphatic hydroxyl groups excluding tert-OH is 1. The Balaban J connectivity index is 1.26. The van der Waals surface area contributed by atoms with Crippen LogP contribution in [0.4, 0.5) is 5.69 Å². The van der Waals surface area contributed by atoms with E-state index in [0.717, 1.165) is 45.8 Å². The fraction of sp³-hybridized carbons (Fsp3) is 0.333. The molecular formula is C30H36N4O3S2. The van der Waals surface area contributed by atoms with Crippen LogP contribution in [0.15, 0.2) is 84.1 Å². The summed E-state index contributed by atoms with van der Waals surface area (Å²) in [4.78, 5) is 9.83. The number of nitrogens with zero attached hydrogens (tertiary/aromatic N) is 2. The van der Waals surface area contributed by atoms with E-state index < -0.39 is 16.1 Å². The topological polar surface area (TPSA) is 104 Å². The maximum absolute atomic E-state index is 12.9. The van der Waals surface area contributed by atoms with Crippen LogP contribution in [0.2, 0.25) is 0 Å². The second-order valence-electron chi connectivity index (χ2n) is 9.51.